The van der Waals surface area contributed by atoms with Crippen molar-refractivity contribution in [3.8, 4) is 5.75 Å². The number of ether oxygens (including phenoxy) is 1. The van der Waals surface area contributed by atoms with Gasteiger partial charge in [-0.05, 0) is 30.5 Å². The predicted octanol–water partition coefficient (Wildman–Crippen LogP) is 1.37. The molecule has 2 rings (SSSR count). The van der Waals surface area contributed by atoms with Crippen LogP contribution in [0.3, 0.4) is 0 Å². The number of nitrogens with zero attached hydrogens (tertiary/aromatic N) is 3. The van der Waals surface area contributed by atoms with Crippen molar-refractivity contribution in [2.45, 2.75) is 43.7 Å². The zero-order chi connectivity index (χ0) is 19.3. The first-order valence-electron chi connectivity index (χ1n) is 7.97. The topological polar surface area (TPSA) is 138 Å². The Morgan fingerprint density at radius 1 is 1.23 bits per heavy atom. The Morgan fingerprint density at radius 2 is 1.88 bits per heavy atom. The highest BCUT2D eigenvalue weighted by Gasteiger charge is 2.20. The number of aromatic nitrogens is 3. The van der Waals surface area contributed by atoms with Crippen molar-refractivity contribution in [3.05, 3.63) is 35.7 Å². The van der Waals surface area contributed by atoms with Crippen LogP contribution in [0.15, 0.2) is 29.4 Å². The molecule has 1 aromatic carbocycles. The van der Waals surface area contributed by atoms with E-state index in [1.165, 1.54) is 10.2 Å². The van der Waals surface area contributed by atoms with Crippen LogP contribution in [0.2, 0.25) is 0 Å². The highest BCUT2D eigenvalue weighted by molar-refractivity contribution is 8.00. The number of hydrogen-bond acceptors (Lipinski definition) is 7. The quantitative estimate of drug-likeness (QED) is 0.488. The van der Waals surface area contributed by atoms with Crippen LogP contribution in [0.1, 0.15) is 38.1 Å². The molecule has 0 aliphatic rings. The van der Waals surface area contributed by atoms with Crippen molar-refractivity contribution in [1.29, 1.82) is 0 Å². The molecule has 0 spiro atoms. The Hall–Kier alpha value is -2.75. The van der Waals surface area contributed by atoms with Gasteiger partial charge in [-0.1, -0.05) is 37.7 Å². The number of carbonyl (C=O) groups is 2. The monoisotopic (exact) mass is 378 g/mol. The van der Waals surface area contributed by atoms with E-state index in [-0.39, 0.29) is 6.61 Å². The van der Waals surface area contributed by atoms with Crippen molar-refractivity contribution in [2.75, 3.05) is 5.84 Å². The molecule has 140 valence electrons. The number of amides is 3. The Balaban J connectivity index is 1.95. The fraction of sp³-hybridized carbons (Fsp3) is 0.375. The Labute approximate surface area is 155 Å². The van der Waals surface area contributed by atoms with E-state index in [0.717, 1.165) is 11.8 Å². The van der Waals surface area contributed by atoms with Gasteiger partial charge in [0.25, 0.3) is 0 Å². The summed E-state index contributed by atoms with van der Waals surface area (Å²) in [6.45, 7) is 5.98. The summed E-state index contributed by atoms with van der Waals surface area (Å²) in [4.78, 5) is 22.4. The van der Waals surface area contributed by atoms with Crippen LogP contribution in [0.25, 0.3) is 0 Å². The minimum Gasteiger partial charge on any atom is -0.486 e. The van der Waals surface area contributed by atoms with Gasteiger partial charge in [-0.2, -0.15) is 0 Å². The van der Waals surface area contributed by atoms with Gasteiger partial charge in [0.2, 0.25) is 11.1 Å². The molecule has 5 N–H and O–H groups in total. The summed E-state index contributed by atoms with van der Waals surface area (Å²) in [6, 6.07) is 6.88. The molecule has 0 saturated carbocycles. The molecule has 1 aromatic heterocycles. The van der Waals surface area contributed by atoms with E-state index in [1.54, 1.807) is 6.92 Å². The minimum atomic E-state index is -0.908. The maximum atomic E-state index is 11.7. The van der Waals surface area contributed by atoms with Crippen LogP contribution in [0, 0.1) is 0 Å². The van der Waals surface area contributed by atoms with E-state index < -0.39 is 17.2 Å². The highest BCUT2D eigenvalue weighted by atomic mass is 32.2. The summed E-state index contributed by atoms with van der Waals surface area (Å²) in [7, 11) is 0. The molecular formula is C16H22N6O3S. The molecule has 10 heteroatoms. The summed E-state index contributed by atoms with van der Waals surface area (Å²) in [5.74, 6) is 6.96. The fourth-order valence-corrected chi connectivity index (χ4v) is 2.81. The number of rotatable bonds is 7. The van der Waals surface area contributed by atoms with Crippen molar-refractivity contribution in [2.24, 2.45) is 5.73 Å². The number of urea groups is 1. The maximum absolute atomic E-state index is 11.7. The molecule has 0 fully saturated rings. The lowest BCUT2D eigenvalue weighted by Gasteiger charge is -2.10. The average molecular weight is 378 g/mol. The van der Waals surface area contributed by atoms with Gasteiger partial charge >= 0.3 is 6.03 Å². The zero-order valence-electron chi connectivity index (χ0n) is 14.8. The zero-order valence-corrected chi connectivity index (χ0v) is 15.6. The third-order valence-electron chi connectivity index (χ3n) is 3.55. The number of imide groups is 1. The van der Waals surface area contributed by atoms with Gasteiger partial charge in [0.1, 0.15) is 12.4 Å². The first-order chi connectivity index (χ1) is 12.3. The molecule has 0 aliphatic carbocycles. The summed E-state index contributed by atoms with van der Waals surface area (Å²) >= 11 is 1.06. The number of nitrogens with one attached hydrogen (secondary N) is 1. The van der Waals surface area contributed by atoms with Crippen LogP contribution in [-0.4, -0.2) is 32.1 Å². The molecule has 9 nitrogen and oxygen atoms in total. The highest BCUT2D eigenvalue weighted by Crippen LogP contribution is 2.22. The van der Waals surface area contributed by atoms with Crippen molar-refractivity contribution in [1.82, 2.24) is 20.2 Å². The van der Waals surface area contributed by atoms with E-state index in [9.17, 15) is 9.59 Å². The van der Waals surface area contributed by atoms with E-state index in [2.05, 4.69) is 24.0 Å². The Morgan fingerprint density at radius 3 is 2.46 bits per heavy atom. The second-order valence-corrected chi connectivity index (χ2v) is 7.20. The summed E-state index contributed by atoms with van der Waals surface area (Å²) in [5.41, 5.74) is 6.15. The molecule has 0 bridgehead atoms. The molecule has 26 heavy (non-hydrogen) atoms. The third-order valence-corrected chi connectivity index (χ3v) is 4.60. The summed E-state index contributed by atoms with van der Waals surface area (Å²) < 4.78 is 6.92. The van der Waals surface area contributed by atoms with Gasteiger partial charge in [-0.25, -0.2) is 9.47 Å². The number of hydrogen-bond donors (Lipinski definition) is 3. The van der Waals surface area contributed by atoms with Crippen LogP contribution < -0.4 is 21.6 Å². The Kier molecular flexibility index (Phi) is 6.45. The summed E-state index contributed by atoms with van der Waals surface area (Å²) in [5, 5.41) is 9.62. The van der Waals surface area contributed by atoms with Crippen molar-refractivity contribution in [3.63, 3.8) is 0 Å². The van der Waals surface area contributed by atoms with E-state index in [4.69, 9.17) is 16.3 Å². The molecule has 0 radical (unpaired) electrons. The number of primary amides is 1. The van der Waals surface area contributed by atoms with Gasteiger partial charge in [-0.15, -0.1) is 10.2 Å². The second kappa shape index (κ2) is 8.56. The molecule has 0 saturated heterocycles. The lowest BCUT2D eigenvalue weighted by Crippen LogP contribution is -2.39. The van der Waals surface area contributed by atoms with Crippen LogP contribution in [0.5, 0.6) is 5.75 Å². The number of nitrogen functional groups attached to an aromatic ring is 1. The van der Waals surface area contributed by atoms with Crippen LogP contribution in [-0.2, 0) is 11.4 Å². The van der Waals surface area contributed by atoms with Gasteiger partial charge < -0.3 is 16.3 Å². The lowest BCUT2D eigenvalue weighted by atomic mass is 10.0. The van der Waals surface area contributed by atoms with E-state index in [0.29, 0.717) is 22.6 Å². The van der Waals surface area contributed by atoms with E-state index >= 15 is 0 Å². The number of carbonyl (C=O) groups excluding carboxylic acids is 2. The molecule has 3 amide bonds. The largest absolute Gasteiger partial charge is 0.486 e. The Bertz CT molecular complexity index is 775. The standard InChI is InChI=1S/C16H22N6O3S/c1-9(2)11-4-6-12(7-5-11)25-8-13-20-21-16(22(13)18)26-10(3)14(23)19-15(17)24/h4-7,9-10H,8,18H2,1-3H3,(H3,17,19,23,24). The van der Waals surface area contributed by atoms with Crippen LogP contribution >= 0.6 is 11.8 Å². The maximum Gasteiger partial charge on any atom is 0.318 e. The summed E-state index contributed by atoms with van der Waals surface area (Å²) in [6.07, 6.45) is 0. The van der Waals surface area contributed by atoms with Crippen LogP contribution in [0.4, 0.5) is 4.79 Å². The smallest absolute Gasteiger partial charge is 0.318 e. The minimum absolute atomic E-state index is 0.132. The SMILES string of the molecule is CC(Sc1nnc(COc2ccc(C(C)C)cc2)n1N)C(=O)NC(N)=O. The number of thioether (sulfide) groups is 1. The molecule has 2 aromatic rings. The van der Waals surface area contributed by atoms with Gasteiger partial charge in [-0.3, -0.25) is 10.1 Å². The van der Waals surface area contributed by atoms with E-state index in [1.807, 2.05) is 29.6 Å². The fourth-order valence-electron chi connectivity index (χ4n) is 2.02. The first kappa shape index (κ1) is 19.6. The molecule has 1 heterocycles. The second-order valence-electron chi connectivity index (χ2n) is 5.89. The molecule has 1 atom stereocenters. The van der Waals surface area contributed by atoms with Gasteiger partial charge in [0, 0.05) is 0 Å². The lowest BCUT2D eigenvalue weighted by molar-refractivity contribution is -0.119. The third kappa shape index (κ3) is 5.12. The number of benzene rings is 1. The molecule has 0 aliphatic heterocycles. The van der Waals surface area contributed by atoms with Gasteiger partial charge in [0.05, 0.1) is 5.25 Å². The molecule has 1 unspecified atom stereocenters. The molecular weight excluding hydrogens is 356 g/mol. The van der Waals surface area contributed by atoms with Crippen molar-refractivity contribution < 1.29 is 14.3 Å². The average Bonchev–Trinajstić information content (AvgIpc) is 2.92. The normalized spacial score (nSPS) is 12.0. The predicted molar refractivity (Wildman–Crippen MR) is 98.1 cm³/mol. The first-order valence-corrected chi connectivity index (χ1v) is 8.85. The van der Waals surface area contributed by atoms with Crippen molar-refractivity contribution >= 4 is 23.7 Å². The number of nitrogens with two attached hydrogens (primary N) is 2. The van der Waals surface area contributed by atoms with Gasteiger partial charge in [0.15, 0.2) is 5.82 Å².